The molecular formula is C55H105N3O10. The molecular weight excluding hydrogens is 863 g/mol. The van der Waals surface area contributed by atoms with Gasteiger partial charge in [-0.1, -0.05) is 169 Å². The number of nitrogens with zero attached hydrogens (tertiary/aromatic N) is 1. The summed E-state index contributed by atoms with van der Waals surface area (Å²) in [5, 5.41) is 5.71. The van der Waals surface area contributed by atoms with Gasteiger partial charge in [0.2, 0.25) is 0 Å². The molecule has 0 aliphatic carbocycles. The molecule has 0 aliphatic heterocycles. The smallest absolute Gasteiger partial charge is 0.466 e. The Morgan fingerprint density at radius 1 is 0.426 bits per heavy atom. The highest BCUT2D eigenvalue weighted by atomic mass is 16.7. The summed E-state index contributed by atoms with van der Waals surface area (Å²) in [5.74, 6) is -1.12. The topological polar surface area (TPSA) is 159 Å². The number of hydrogen-bond acceptors (Lipinski definition) is 11. The summed E-state index contributed by atoms with van der Waals surface area (Å²) in [6, 6.07) is -0.351. The second-order valence-corrected chi connectivity index (χ2v) is 19.0. The number of urea groups is 1. The highest BCUT2D eigenvalue weighted by Gasteiger charge is 2.18. The van der Waals surface area contributed by atoms with Gasteiger partial charge in [0.15, 0.2) is 0 Å². The van der Waals surface area contributed by atoms with Crippen molar-refractivity contribution in [1.82, 2.24) is 15.5 Å². The molecule has 68 heavy (non-hydrogen) atoms. The minimum Gasteiger partial charge on any atom is -0.466 e. The fourth-order valence-corrected chi connectivity index (χ4v) is 8.11. The van der Waals surface area contributed by atoms with Crippen LogP contribution in [0.3, 0.4) is 0 Å². The van der Waals surface area contributed by atoms with Gasteiger partial charge in [-0.25, -0.2) is 9.59 Å². The van der Waals surface area contributed by atoms with E-state index in [4.69, 9.17) is 23.7 Å². The molecule has 0 aromatic rings. The second kappa shape index (κ2) is 50.3. The van der Waals surface area contributed by atoms with E-state index < -0.39 is 12.1 Å². The van der Waals surface area contributed by atoms with Gasteiger partial charge < -0.3 is 39.2 Å². The summed E-state index contributed by atoms with van der Waals surface area (Å²) >= 11 is 0. The summed E-state index contributed by atoms with van der Waals surface area (Å²) in [7, 11) is 0. The van der Waals surface area contributed by atoms with E-state index in [1.165, 1.54) is 103 Å². The molecule has 0 spiro atoms. The first-order valence-electron chi connectivity index (χ1n) is 28.2. The Morgan fingerprint density at radius 3 is 1.43 bits per heavy atom. The van der Waals surface area contributed by atoms with Crippen molar-refractivity contribution < 1.29 is 47.7 Å². The molecule has 13 heteroatoms. The minimum absolute atomic E-state index is 0.0358. The van der Waals surface area contributed by atoms with E-state index >= 15 is 0 Å². The van der Waals surface area contributed by atoms with Crippen LogP contribution in [0.15, 0.2) is 0 Å². The molecule has 0 aliphatic rings. The van der Waals surface area contributed by atoms with Crippen molar-refractivity contribution in [3.8, 4) is 0 Å². The Labute approximate surface area is 416 Å². The molecule has 2 N–H and O–H groups in total. The van der Waals surface area contributed by atoms with Crippen LogP contribution in [0.2, 0.25) is 0 Å². The Bertz CT molecular complexity index is 1170. The number of esters is 3. The lowest BCUT2D eigenvalue weighted by atomic mass is 10.0. The number of rotatable bonds is 50. The number of carbonyl (C=O) groups is 5. The summed E-state index contributed by atoms with van der Waals surface area (Å²) in [6.45, 7) is 14.8. The predicted molar refractivity (Wildman–Crippen MR) is 276 cm³/mol. The Morgan fingerprint density at radius 2 is 0.868 bits per heavy atom. The zero-order valence-electron chi connectivity index (χ0n) is 44.6. The number of nitrogens with one attached hydrogen (secondary N) is 2. The van der Waals surface area contributed by atoms with Gasteiger partial charge in [0.1, 0.15) is 12.7 Å². The molecule has 2 amide bonds. The zero-order chi connectivity index (χ0) is 50.0. The second-order valence-electron chi connectivity index (χ2n) is 19.0. The summed E-state index contributed by atoms with van der Waals surface area (Å²) in [4.78, 5) is 64.8. The Kier molecular flexibility index (Phi) is 48.0. The van der Waals surface area contributed by atoms with Gasteiger partial charge in [0.25, 0.3) is 0 Å². The standard InChI is InChI=1S/C55H105N3O10/c1-6-11-14-17-20-21-27-35-44-64-51(59)39-32-28-33-40-52(60)66-47-49(48-67-55(63)65-45-36-43-58(9-4)10-5)46-57-54(62)56-42-34-26-22-25-31-41-53(61)68-50(37-29-23-18-15-12-7-2)38-30-24-19-16-13-8-3/h49-50H,6-48H2,1-5H3,(H2,56,57,62). The molecule has 0 aromatic carbocycles. The summed E-state index contributed by atoms with van der Waals surface area (Å²) < 4.78 is 27.5. The van der Waals surface area contributed by atoms with E-state index in [0.29, 0.717) is 51.7 Å². The van der Waals surface area contributed by atoms with E-state index in [0.717, 1.165) is 90.3 Å². The maximum absolute atomic E-state index is 12.8. The van der Waals surface area contributed by atoms with Gasteiger partial charge in [-0.05, 0) is 77.3 Å². The van der Waals surface area contributed by atoms with Gasteiger partial charge in [-0.15, -0.1) is 0 Å². The average molecular weight is 968 g/mol. The van der Waals surface area contributed by atoms with Crippen LogP contribution in [0.25, 0.3) is 0 Å². The molecule has 0 radical (unpaired) electrons. The number of carbonyl (C=O) groups excluding carboxylic acids is 5. The molecule has 0 saturated carbocycles. The highest BCUT2D eigenvalue weighted by molar-refractivity contribution is 5.73. The van der Waals surface area contributed by atoms with Gasteiger partial charge in [-0.3, -0.25) is 14.4 Å². The van der Waals surface area contributed by atoms with E-state index in [2.05, 4.69) is 50.2 Å². The molecule has 1 unspecified atom stereocenters. The predicted octanol–water partition coefficient (Wildman–Crippen LogP) is 13.7. The van der Waals surface area contributed by atoms with Crippen molar-refractivity contribution in [1.29, 1.82) is 0 Å². The Hall–Kier alpha value is -3.09. The third-order valence-corrected chi connectivity index (χ3v) is 12.6. The van der Waals surface area contributed by atoms with Crippen molar-refractivity contribution in [3.05, 3.63) is 0 Å². The van der Waals surface area contributed by atoms with Crippen molar-refractivity contribution >= 4 is 30.1 Å². The molecule has 13 nitrogen and oxygen atoms in total. The van der Waals surface area contributed by atoms with Crippen LogP contribution < -0.4 is 10.6 Å². The zero-order valence-corrected chi connectivity index (χ0v) is 44.6. The number of amides is 2. The largest absolute Gasteiger partial charge is 0.508 e. The molecule has 400 valence electrons. The quantitative estimate of drug-likeness (QED) is 0.0339. The van der Waals surface area contributed by atoms with Crippen molar-refractivity contribution in [3.63, 3.8) is 0 Å². The van der Waals surface area contributed by atoms with E-state index in [9.17, 15) is 24.0 Å². The molecule has 0 saturated heterocycles. The number of ether oxygens (including phenoxy) is 5. The normalized spacial score (nSPS) is 11.7. The fraction of sp³-hybridized carbons (Fsp3) is 0.909. The van der Waals surface area contributed by atoms with E-state index in [1.54, 1.807) is 0 Å². The van der Waals surface area contributed by atoms with Crippen LogP contribution in [-0.2, 0) is 38.1 Å². The summed E-state index contributed by atoms with van der Waals surface area (Å²) in [6.07, 6.45) is 33.7. The van der Waals surface area contributed by atoms with Crippen LogP contribution in [-0.4, -0.2) is 100 Å². The first-order chi connectivity index (χ1) is 33.2. The average Bonchev–Trinajstić information content (AvgIpc) is 3.33. The lowest BCUT2D eigenvalue weighted by Gasteiger charge is -2.19. The summed E-state index contributed by atoms with van der Waals surface area (Å²) in [5.41, 5.74) is 0. The van der Waals surface area contributed by atoms with Crippen LogP contribution in [0.4, 0.5) is 9.59 Å². The van der Waals surface area contributed by atoms with E-state index in [1.807, 2.05) is 0 Å². The first-order valence-corrected chi connectivity index (χ1v) is 28.2. The molecule has 0 aromatic heterocycles. The molecule has 0 bridgehead atoms. The van der Waals surface area contributed by atoms with Crippen molar-refractivity contribution in [2.45, 2.75) is 259 Å². The van der Waals surface area contributed by atoms with Crippen molar-refractivity contribution in [2.75, 3.05) is 59.2 Å². The first kappa shape index (κ1) is 64.9. The van der Waals surface area contributed by atoms with Crippen LogP contribution in [0.1, 0.15) is 253 Å². The SMILES string of the molecule is CCCCCCCCCCOC(=O)CCCCCC(=O)OCC(CNC(=O)NCCCCCCCC(=O)OC(CCCCCCCC)CCCCCCCC)COC(=O)OCCCN(CC)CC. The maximum Gasteiger partial charge on any atom is 0.508 e. The maximum atomic E-state index is 12.8. The number of unbranched alkanes of at least 4 members (excludes halogenated alkanes) is 23. The minimum atomic E-state index is -0.797. The van der Waals surface area contributed by atoms with Crippen LogP contribution in [0, 0.1) is 5.92 Å². The van der Waals surface area contributed by atoms with Crippen LogP contribution >= 0.6 is 0 Å². The van der Waals surface area contributed by atoms with Gasteiger partial charge in [0, 0.05) is 44.8 Å². The van der Waals surface area contributed by atoms with Gasteiger partial charge in [0.05, 0.1) is 19.8 Å². The lowest BCUT2D eigenvalue weighted by molar-refractivity contribution is -0.150. The number of hydrogen-bond donors (Lipinski definition) is 2. The van der Waals surface area contributed by atoms with Crippen LogP contribution in [0.5, 0.6) is 0 Å². The highest BCUT2D eigenvalue weighted by Crippen LogP contribution is 2.19. The monoisotopic (exact) mass is 968 g/mol. The van der Waals surface area contributed by atoms with Gasteiger partial charge in [-0.2, -0.15) is 0 Å². The molecule has 1 atom stereocenters. The molecule has 0 rings (SSSR count). The third kappa shape index (κ3) is 45.4. The molecule has 0 fully saturated rings. The van der Waals surface area contributed by atoms with Crippen molar-refractivity contribution in [2.24, 2.45) is 5.92 Å². The van der Waals surface area contributed by atoms with E-state index in [-0.39, 0.29) is 62.8 Å². The molecule has 0 heterocycles. The fourth-order valence-electron chi connectivity index (χ4n) is 8.11. The Balaban J connectivity index is 4.57. The van der Waals surface area contributed by atoms with Gasteiger partial charge >= 0.3 is 30.1 Å². The third-order valence-electron chi connectivity index (χ3n) is 12.6. The lowest BCUT2D eigenvalue weighted by Crippen LogP contribution is -2.41.